The third-order valence-corrected chi connectivity index (χ3v) is 5.66. The average Bonchev–Trinajstić information content (AvgIpc) is 2.63. The molecule has 2 aromatic rings. The van der Waals surface area contributed by atoms with E-state index in [2.05, 4.69) is 23.3 Å². The normalized spacial score (nSPS) is 17.1. The van der Waals surface area contributed by atoms with Crippen LogP contribution in [0.15, 0.2) is 23.0 Å². The number of aromatic amines is 1. The maximum atomic E-state index is 12.4. The molecule has 0 spiro atoms. The van der Waals surface area contributed by atoms with Gasteiger partial charge in [-0.2, -0.15) is 0 Å². The van der Waals surface area contributed by atoms with Gasteiger partial charge in [-0.05, 0) is 43.4 Å². The summed E-state index contributed by atoms with van der Waals surface area (Å²) in [4.78, 5) is 15.5. The molecule has 1 aliphatic rings. The Labute approximate surface area is 149 Å². The lowest BCUT2D eigenvalue weighted by Crippen LogP contribution is -2.35. The van der Waals surface area contributed by atoms with Crippen molar-refractivity contribution in [2.75, 3.05) is 6.61 Å². The van der Waals surface area contributed by atoms with E-state index in [9.17, 15) is 9.90 Å². The molecule has 1 fully saturated rings. The van der Waals surface area contributed by atoms with E-state index < -0.39 is 0 Å². The van der Waals surface area contributed by atoms with Crippen LogP contribution in [0.4, 0.5) is 0 Å². The molecule has 136 valence electrons. The summed E-state index contributed by atoms with van der Waals surface area (Å²) in [6.45, 7) is 4.70. The molecule has 4 nitrogen and oxygen atoms in total. The molecule has 3 N–H and O–H groups in total. The first kappa shape index (κ1) is 18.2. The highest BCUT2D eigenvalue weighted by molar-refractivity contribution is 5.85. The molecule has 4 heteroatoms. The predicted octanol–water partition coefficient (Wildman–Crippen LogP) is 3.57. The van der Waals surface area contributed by atoms with Gasteiger partial charge >= 0.3 is 0 Å². The van der Waals surface area contributed by atoms with Crippen molar-refractivity contribution in [1.82, 2.24) is 10.3 Å². The van der Waals surface area contributed by atoms with Crippen LogP contribution in [0.5, 0.6) is 0 Å². The molecule has 25 heavy (non-hydrogen) atoms. The molecule has 1 aromatic heterocycles. The Hall–Kier alpha value is -1.65. The second kappa shape index (κ2) is 8.15. The van der Waals surface area contributed by atoms with Gasteiger partial charge in [-0.15, -0.1) is 0 Å². The van der Waals surface area contributed by atoms with Gasteiger partial charge in [0.15, 0.2) is 0 Å². The van der Waals surface area contributed by atoms with E-state index in [1.54, 1.807) is 0 Å². The Bertz CT molecular complexity index is 775. The largest absolute Gasteiger partial charge is 0.395 e. The van der Waals surface area contributed by atoms with Crippen molar-refractivity contribution < 1.29 is 5.11 Å². The summed E-state index contributed by atoms with van der Waals surface area (Å²) < 4.78 is 0. The molecule has 1 aromatic carbocycles. The Morgan fingerprint density at radius 2 is 1.92 bits per heavy atom. The third kappa shape index (κ3) is 4.31. The number of aliphatic hydroxyl groups excluding tert-OH is 1. The van der Waals surface area contributed by atoms with Crippen molar-refractivity contribution in [3.63, 3.8) is 0 Å². The van der Waals surface area contributed by atoms with Gasteiger partial charge in [0.1, 0.15) is 0 Å². The summed E-state index contributed by atoms with van der Waals surface area (Å²) in [5, 5.41) is 14.2. The van der Waals surface area contributed by atoms with Gasteiger partial charge in [-0.25, -0.2) is 0 Å². The van der Waals surface area contributed by atoms with Crippen molar-refractivity contribution in [2.45, 2.75) is 65.0 Å². The Balaban J connectivity index is 1.72. The van der Waals surface area contributed by atoms with Gasteiger partial charge in [0, 0.05) is 23.5 Å². The topological polar surface area (TPSA) is 65.1 Å². The first-order valence-electron chi connectivity index (χ1n) is 9.55. The number of pyridine rings is 1. The average molecular weight is 342 g/mol. The number of benzene rings is 1. The molecule has 0 amide bonds. The second-order valence-corrected chi connectivity index (χ2v) is 7.61. The van der Waals surface area contributed by atoms with E-state index in [1.165, 1.54) is 37.7 Å². The zero-order chi connectivity index (χ0) is 17.8. The predicted molar refractivity (Wildman–Crippen MR) is 103 cm³/mol. The SMILES string of the molecule is Cc1ccc(C)c2[nH]c(=O)c(CN[C@H](CO)CC3CCCCC3)cc12. The fourth-order valence-corrected chi connectivity index (χ4v) is 4.05. The smallest absolute Gasteiger partial charge is 0.252 e. The number of fused-ring (bicyclic) bond motifs is 1. The summed E-state index contributed by atoms with van der Waals surface area (Å²) in [5.41, 5.74) is 3.88. The van der Waals surface area contributed by atoms with E-state index >= 15 is 0 Å². The highest BCUT2D eigenvalue weighted by Crippen LogP contribution is 2.27. The number of H-pyrrole nitrogens is 1. The van der Waals surface area contributed by atoms with Crippen molar-refractivity contribution >= 4 is 10.9 Å². The summed E-state index contributed by atoms with van der Waals surface area (Å²) in [6.07, 6.45) is 7.51. The molecule has 1 saturated carbocycles. The number of aliphatic hydroxyl groups is 1. The first-order valence-corrected chi connectivity index (χ1v) is 9.55. The van der Waals surface area contributed by atoms with Crippen LogP contribution in [0, 0.1) is 19.8 Å². The lowest BCUT2D eigenvalue weighted by Gasteiger charge is -2.26. The first-order chi connectivity index (χ1) is 12.1. The van der Waals surface area contributed by atoms with Gasteiger partial charge in [0.2, 0.25) is 0 Å². The molecule has 0 aliphatic heterocycles. The van der Waals surface area contributed by atoms with Crippen LogP contribution in [0.2, 0.25) is 0 Å². The molecular weight excluding hydrogens is 312 g/mol. The molecule has 1 aliphatic carbocycles. The van der Waals surface area contributed by atoms with E-state index in [-0.39, 0.29) is 18.2 Å². The number of aryl methyl sites for hydroxylation is 2. The maximum Gasteiger partial charge on any atom is 0.252 e. The Morgan fingerprint density at radius 3 is 2.64 bits per heavy atom. The van der Waals surface area contributed by atoms with Crippen LogP contribution >= 0.6 is 0 Å². The number of nitrogens with one attached hydrogen (secondary N) is 2. The quantitative estimate of drug-likeness (QED) is 0.752. The molecule has 0 radical (unpaired) electrons. The number of hydrogen-bond donors (Lipinski definition) is 3. The molecule has 0 saturated heterocycles. The van der Waals surface area contributed by atoms with Crippen LogP contribution in [-0.4, -0.2) is 22.7 Å². The minimum absolute atomic E-state index is 0.0388. The van der Waals surface area contributed by atoms with Crippen LogP contribution in [0.1, 0.15) is 55.2 Å². The van der Waals surface area contributed by atoms with Crippen molar-refractivity contribution in [3.8, 4) is 0 Å². The second-order valence-electron chi connectivity index (χ2n) is 7.61. The van der Waals surface area contributed by atoms with E-state index in [1.807, 2.05) is 19.1 Å². The molecule has 0 unspecified atom stereocenters. The summed E-state index contributed by atoms with van der Waals surface area (Å²) in [5.74, 6) is 0.707. The minimum atomic E-state index is -0.0388. The Morgan fingerprint density at radius 1 is 1.20 bits per heavy atom. The molecule has 1 atom stereocenters. The maximum absolute atomic E-state index is 12.4. The monoisotopic (exact) mass is 342 g/mol. The fraction of sp³-hybridized carbons (Fsp3) is 0.571. The van der Waals surface area contributed by atoms with Crippen molar-refractivity contribution in [2.24, 2.45) is 5.92 Å². The van der Waals surface area contributed by atoms with Gasteiger partial charge < -0.3 is 15.4 Å². The number of rotatable bonds is 6. The van der Waals surface area contributed by atoms with Gasteiger partial charge in [-0.1, -0.05) is 44.2 Å². The number of hydrogen-bond acceptors (Lipinski definition) is 3. The van der Waals surface area contributed by atoms with Gasteiger partial charge in [0.25, 0.3) is 5.56 Å². The molecule has 0 bridgehead atoms. The fourth-order valence-electron chi connectivity index (χ4n) is 4.05. The Kier molecular flexibility index (Phi) is 5.92. The molecular formula is C21H30N2O2. The standard InChI is InChI=1S/C21H30N2O2/c1-14-8-9-15(2)20-19(14)11-17(21(25)23-20)12-22-18(13-24)10-16-6-4-3-5-7-16/h8-9,11,16,18,22,24H,3-7,10,12-13H2,1-2H3,(H,23,25)/t18-/m0/s1. The zero-order valence-corrected chi connectivity index (χ0v) is 15.4. The third-order valence-electron chi connectivity index (χ3n) is 5.66. The summed E-state index contributed by atoms with van der Waals surface area (Å²) >= 11 is 0. The zero-order valence-electron chi connectivity index (χ0n) is 15.4. The number of aromatic nitrogens is 1. The van der Waals surface area contributed by atoms with E-state index in [4.69, 9.17) is 0 Å². The van der Waals surface area contributed by atoms with Gasteiger partial charge in [0.05, 0.1) is 12.1 Å². The minimum Gasteiger partial charge on any atom is -0.395 e. The van der Waals surface area contributed by atoms with Crippen LogP contribution < -0.4 is 10.9 Å². The van der Waals surface area contributed by atoms with Crippen molar-refractivity contribution in [1.29, 1.82) is 0 Å². The van der Waals surface area contributed by atoms with Gasteiger partial charge in [-0.3, -0.25) is 4.79 Å². The van der Waals surface area contributed by atoms with E-state index in [0.717, 1.165) is 28.5 Å². The highest BCUT2D eigenvalue weighted by atomic mass is 16.3. The van der Waals surface area contributed by atoms with Crippen LogP contribution in [0.3, 0.4) is 0 Å². The van der Waals surface area contributed by atoms with E-state index in [0.29, 0.717) is 12.5 Å². The van der Waals surface area contributed by atoms with Crippen molar-refractivity contribution in [3.05, 3.63) is 45.2 Å². The molecule has 1 heterocycles. The van der Waals surface area contributed by atoms with Crippen LogP contribution in [0.25, 0.3) is 10.9 Å². The summed E-state index contributed by atoms with van der Waals surface area (Å²) in [7, 11) is 0. The lowest BCUT2D eigenvalue weighted by molar-refractivity contribution is 0.203. The lowest BCUT2D eigenvalue weighted by atomic mass is 9.85. The van der Waals surface area contributed by atoms with Crippen LogP contribution in [-0.2, 0) is 6.54 Å². The molecule has 3 rings (SSSR count). The highest BCUT2D eigenvalue weighted by Gasteiger charge is 2.18. The summed E-state index contributed by atoms with van der Waals surface area (Å²) in [6, 6.07) is 6.19.